The van der Waals surface area contributed by atoms with E-state index in [0.29, 0.717) is 5.41 Å². The molecule has 0 spiro atoms. The molecular formula is C15H25NO. The SMILES string of the molecule is CC(C)(C)CC1CCN(Cc2ccco2)CC1. The van der Waals surface area contributed by atoms with E-state index in [1.807, 2.05) is 6.07 Å². The quantitative estimate of drug-likeness (QED) is 0.789. The predicted octanol–water partition coefficient (Wildman–Crippen LogP) is 3.93. The van der Waals surface area contributed by atoms with E-state index in [-0.39, 0.29) is 0 Å². The number of likely N-dealkylation sites (tertiary alicyclic amines) is 1. The van der Waals surface area contributed by atoms with Gasteiger partial charge in [0.1, 0.15) is 5.76 Å². The van der Waals surface area contributed by atoms with Crippen LogP contribution in [0.15, 0.2) is 22.8 Å². The fourth-order valence-corrected chi connectivity index (χ4v) is 2.84. The standard InChI is InChI=1S/C15H25NO/c1-15(2,3)11-13-6-8-16(9-7-13)12-14-5-4-10-17-14/h4-5,10,13H,6-9,11-12H2,1-3H3. The average Bonchev–Trinajstić information content (AvgIpc) is 2.71. The van der Waals surface area contributed by atoms with Crippen LogP contribution in [0.1, 0.15) is 45.8 Å². The van der Waals surface area contributed by atoms with Crippen LogP contribution < -0.4 is 0 Å². The second-order valence-electron chi connectivity index (χ2n) is 6.56. The van der Waals surface area contributed by atoms with E-state index >= 15 is 0 Å². The Morgan fingerprint density at radius 2 is 2.00 bits per heavy atom. The first-order valence-electron chi connectivity index (χ1n) is 6.78. The summed E-state index contributed by atoms with van der Waals surface area (Å²) in [4.78, 5) is 2.51. The van der Waals surface area contributed by atoms with Gasteiger partial charge in [0.25, 0.3) is 0 Å². The summed E-state index contributed by atoms with van der Waals surface area (Å²) in [5.41, 5.74) is 0.480. The van der Waals surface area contributed by atoms with Gasteiger partial charge in [-0.3, -0.25) is 4.90 Å². The Labute approximate surface area is 105 Å². The van der Waals surface area contributed by atoms with Crippen molar-refractivity contribution >= 4 is 0 Å². The van der Waals surface area contributed by atoms with Gasteiger partial charge in [-0.2, -0.15) is 0 Å². The minimum Gasteiger partial charge on any atom is -0.468 e. The third-order valence-corrected chi connectivity index (χ3v) is 3.57. The first kappa shape index (κ1) is 12.7. The zero-order chi connectivity index (χ0) is 12.3. The zero-order valence-corrected chi connectivity index (χ0v) is 11.4. The highest BCUT2D eigenvalue weighted by Gasteiger charge is 2.24. The van der Waals surface area contributed by atoms with E-state index in [9.17, 15) is 0 Å². The zero-order valence-electron chi connectivity index (χ0n) is 11.4. The molecule has 0 unspecified atom stereocenters. The molecule has 2 heterocycles. The fourth-order valence-electron chi connectivity index (χ4n) is 2.84. The Bertz CT molecular complexity index is 315. The fraction of sp³-hybridized carbons (Fsp3) is 0.733. The predicted molar refractivity (Wildman–Crippen MR) is 70.8 cm³/mol. The molecule has 0 atom stereocenters. The van der Waals surface area contributed by atoms with E-state index < -0.39 is 0 Å². The summed E-state index contributed by atoms with van der Waals surface area (Å²) in [7, 11) is 0. The van der Waals surface area contributed by atoms with E-state index in [4.69, 9.17) is 4.42 Å². The van der Waals surface area contributed by atoms with Gasteiger partial charge in [0.15, 0.2) is 0 Å². The van der Waals surface area contributed by atoms with Gasteiger partial charge in [-0.05, 0) is 55.8 Å². The Morgan fingerprint density at radius 3 is 2.53 bits per heavy atom. The van der Waals surface area contributed by atoms with Crippen molar-refractivity contribution in [2.24, 2.45) is 11.3 Å². The van der Waals surface area contributed by atoms with Crippen molar-refractivity contribution in [3.8, 4) is 0 Å². The van der Waals surface area contributed by atoms with Crippen LogP contribution in [-0.2, 0) is 6.54 Å². The molecule has 0 saturated carbocycles. The summed E-state index contributed by atoms with van der Waals surface area (Å²) >= 11 is 0. The van der Waals surface area contributed by atoms with Crippen molar-refractivity contribution in [3.05, 3.63) is 24.2 Å². The second-order valence-corrected chi connectivity index (χ2v) is 6.56. The highest BCUT2D eigenvalue weighted by atomic mass is 16.3. The van der Waals surface area contributed by atoms with Crippen LogP contribution in [0, 0.1) is 11.3 Å². The lowest BCUT2D eigenvalue weighted by Crippen LogP contribution is -2.34. The van der Waals surface area contributed by atoms with Crippen LogP contribution >= 0.6 is 0 Å². The van der Waals surface area contributed by atoms with Gasteiger partial charge in [-0.15, -0.1) is 0 Å². The lowest BCUT2D eigenvalue weighted by Gasteiger charge is -2.34. The normalized spacial score (nSPS) is 19.7. The number of piperidine rings is 1. The summed E-state index contributed by atoms with van der Waals surface area (Å²) in [5.74, 6) is 2.02. The molecule has 2 nitrogen and oxygen atoms in total. The maximum Gasteiger partial charge on any atom is 0.117 e. The smallest absolute Gasteiger partial charge is 0.117 e. The average molecular weight is 235 g/mol. The minimum atomic E-state index is 0.480. The van der Waals surface area contributed by atoms with Crippen molar-refractivity contribution in [3.63, 3.8) is 0 Å². The summed E-state index contributed by atoms with van der Waals surface area (Å²) in [6.07, 6.45) is 5.82. The molecule has 0 N–H and O–H groups in total. The summed E-state index contributed by atoms with van der Waals surface area (Å²) < 4.78 is 5.40. The molecule has 0 bridgehead atoms. The maximum absolute atomic E-state index is 5.40. The summed E-state index contributed by atoms with van der Waals surface area (Å²) in [5, 5.41) is 0. The molecule has 1 aliphatic heterocycles. The van der Waals surface area contributed by atoms with Gasteiger partial charge >= 0.3 is 0 Å². The number of furan rings is 1. The number of hydrogen-bond donors (Lipinski definition) is 0. The molecule has 2 rings (SSSR count). The molecule has 1 saturated heterocycles. The van der Waals surface area contributed by atoms with E-state index in [1.54, 1.807) is 6.26 Å². The first-order valence-corrected chi connectivity index (χ1v) is 6.78. The van der Waals surface area contributed by atoms with Gasteiger partial charge in [0, 0.05) is 0 Å². The van der Waals surface area contributed by atoms with Gasteiger partial charge in [-0.1, -0.05) is 20.8 Å². The third-order valence-electron chi connectivity index (χ3n) is 3.57. The minimum absolute atomic E-state index is 0.480. The molecule has 0 radical (unpaired) electrons. The molecule has 1 aromatic heterocycles. The lowest BCUT2D eigenvalue weighted by atomic mass is 9.80. The van der Waals surface area contributed by atoms with Gasteiger partial charge in [0.05, 0.1) is 12.8 Å². The first-order chi connectivity index (χ1) is 8.03. The Hall–Kier alpha value is -0.760. The van der Waals surface area contributed by atoms with E-state index in [1.165, 1.54) is 32.4 Å². The molecule has 0 aromatic carbocycles. The topological polar surface area (TPSA) is 16.4 Å². The Kier molecular flexibility index (Phi) is 3.93. The van der Waals surface area contributed by atoms with Crippen LogP contribution in [0.4, 0.5) is 0 Å². The summed E-state index contributed by atoms with van der Waals surface area (Å²) in [6.45, 7) is 10.5. The molecule has 96 valence electrons. The molecule has 1 fully saturated rings. The molecule has 17 heavy (non-hydrogen) atoms. The lowest BCUT2D eigenvalue weighted by molar-refractivity contribution is 0.140. The van der Waals surface area contributed by atoms with Crippen molar-refractivity contribution in [2.45, 2.75) is 46.6 Å². The van der Waals surface area contributed by atoms with Crippen LogP contribution in [0.5, 0.6) is 0 Å². The van der Waals surface area contributed by atoms with Gasteiger partial charge < -0.3 is 4.42 Å². The number of nitrogens with zero attached hydrogens (tertiary/aromatic N) is 1. The van der Waals surface area contributed by atoms with Crippen LogP contribution in [-0.4, -0.2) is 18.0 Å². The molecule has 0 amide bonds. The third kappa shape index (κ3) is 4.19. The Balaban J connectivity index is 1.74. The largest absolute Gasteiger partial charge is 0.468 e. The highest BCUT2D eigenvalue weighted by molar-refractivity contribution is 4.98. The second kappa shape index (κ2) is 5.26. The van der Waals surface area contributed by atoms with Crippen molar-refractivity contribution in [1.82, 2.24) is 4.90 Å². The molecule has 0 aliphatic carbocycles. The number of hydrogen-bond acceptors (Lipinski definition) is 2. The van der Waals surface area contributed by atoms with E-state index in [0.717, 1.165) is 18.2 Å². The Morgan fingerprint density at radius 1 is 1.29 bits per heavy atom. The maximum atomic E-state index is 5.40. The molecule has 2 heteroatoms. The molecule has 1 aromatic rings. The van der Waals surface area contributed by atoms with Gasteiger partial charge in [0.2, 0.25) is 0 Å². The molecule has 1 aliphatic rings. The highest BCUT2D eigenvalue weighted by Crippen LogP contribution is 2.31. The van der Waals surface area contributed by atoms with Gasteiger partial charge in [-0.25, -0.2) is 0 Å². The van der Waals surface area contributed by atoms with E-state index in [2.05, 4.69) is 31.7 Å². The molecular weight excluding hydrogens is 210 g/mol. The van der Waals surface area contributed by atoms with Crippen molar-refractivity contribution in [2.75, 3.05) is 13.1 Å². The van der Waals surface area contributed by atoms with Crippen molar-refractivity contribution in [1.29, 1.82) is 0 Å². The monoisotopic (exact) mass is 235 g/mol. The summed E-state index contributed by atoms with van der Waals surface area (Å²) in [6, 6.07) is 4.04. The van der Waals surface area contributed by atoms with Crippen LogP contribution in [0.25, 0.3) is 0 Å². The van der Waals surface area contributed by atoms with Crippen LogP contribution in [0.2, 0.25) is 0 Å². The van der Waals surface area contributed by atoms with Crippen molar-refractivity contribution < 1.29 is 4.42 Å². The van der Waals surface area contributed by atoms with Crippen LogP contribution in [0.3, 0.4) is 0 Å². The number of rotatable bonds is 3.